The molecule has 0 aliphatic heterocycles. The van der Waals surface area contributed by atoms with Gasteiger partial charge in [0.05, 0.1) is 24.1 Å². The van der Waals surface area contributed by atoms with Crippen molar-refractivity contribution in [2.75, 3.05) is 12.6 Å². The molecule has 2 N–H and O–H groups in total. The van der Waals surface area contributed by atoms with Gasteiger partial charge in [-0.05, 0) is 35.9 Å². The van der Waals surface area contributed by atoms with Gasteiger partial charge in [0.2, 0.25) is 0 Å². The minimum atomic E-state index is -1.08. The van der Waals surface area contributed by atoms with E-state index in [4.69, 9.17) is 4.84 Å². The summed E-state index contributed by atoms with van der Waals surface area (Å²) in [4.78, 5) is 21.5. The predicted molar refractivity (Wildman–Crippen MR) is 116 cm³/mol. The number of para-hydroxylation sites is 1. The first kappa shape index (κ1) is 20.6. The molecular formula is C23H16F2N2O3S. The number of carbonyl (C=O) groups is 1. The molecule has 31 heavy (non-hydrogen) atoms. The van der Waals surface area contributed by atoms with Crippen LogP contribution in [-0.4, -0.2) is 23.2 Å². The normalized spacial score (nSPS) is 10.8. The number of aromatic carboxylic acids is 1. The summed E-state index contributed by atoms with van der Waals surface area (Å²) >= 11 is 1.29. The Hall–Kier alpha value is -3.62. The molecule has 0 saturated carbocycles. The molecule has 0 amide bonds. The van der Waals surface area contributed by atoms with Crippen LogP contribution in [0.1, 0.15) is 10.4 Å². The van der Waals surface area contributed by atoms with Crippen LogP contribution in [0.3, 0.4) is 0 Å². The Morgan fingerprint density at radius 3 is 2.52 bits per heavy atom. The van der Waals surface area contributed by atoms with Gasteiger partial charge >= 0.3 is 5.97 Å². The van der Waals surface area contributed by atoms with Gasteiger partial charge in [-0.3, -0.25) is 10.3 Å². The van der Waals surface area contributed by atoms with Crippen LogP contribution in [0, 0.1) is 11.6 Å². The number of thiazole rings is 1. The first-order valence-corrected chi connectivity index (χ1v) is 10.0. The van der Waals surface area contributed by atoms with E-state index in [9.17, 15) is 18.7 Å². The molecule has 5 nitrogen and oxygen atoms in total. The lowest BCUT2D eigenvalue weighted by Gasteiger charge is -2.13. The lowest BCUT2D eigenvalue weighted by molar-refractivity contribution is 0.0697. The van der Waals surface area contributed by atoms with Crippen LogP contribution < -0.4 is 5.48 Å². The summed E-state index contributed by atoms with van der Waals surface area (Å²) in [7, 11) is 1.48. The molecule has 0 fully saturated rings. The van der Waals surface area contributed by atoms with E-state index in [1.807, 2.05) is 12.1 Å². The van der Waals surface area contributed by atoms with Crippen molar-refractivity contribution < 1.29 is 23.5 Å². The molecule has 4 rings (SSSR count). The molecule has 8 heteroatoms. The minimum absolute atomic E-state index is 0.104. The molecule has 0 unspecified atom stereocenters. The van der Waals surface area contributed by atoms with Crippen LogP contribution in [-0.2, 0) is 4.84 Å². The van der Waals surface area contributed by atoms with Crippen molar-refractivity contribution in [2.45, 2.75) is 0 Å². The highest BCUT2D eigenvalue weighted by Crippen LogP contribution is 2.35. The summed E-state index contributed by atoms with van der Waals surface area (Å²) < 4.78 is 26.7. The summed E-state index contributed by atoms with van der Waals surface area (Å²) in [6.07, 6.45) is 0. The van der Waals surface area contributed by atoms with Gasteiger partial charge in [0.15, 0.2) is 11.6 Å². The quantitative estimate of drug-likeness (QED) is 0.356. The fourth-order valence-electron chi connectivity index (χ4n) is 3.20. The van der Waals surface area contributed by atoms with Crippen LogP contribution in [0.2, 0.25) is 0 Å². The molecule has 0 radical (unpaired) electrons. The third-order valence-electron chi connectivity index (χ3n) is 4.65. The van der Waals surface area contributed by atoms with Crippen LogP contribution in [0.15, 0.2) is 66.0 Å². The summed E-state index contributed by atoms with van der Waals surface area (Å²) in [5.74, 6) is -2.96. The van der Waals surface area contributed by atoms with Crippen molar-refractivity contribution in [3.8, 4) is 33.0 Å². The fourth-order valence-corrected chi connectivity index (χ4v) is 4.03. The second-order valence-corrected chi connectivity index (χ2v) is 7.44. The number of benzene rings is 3. The number of halogens is 2. The lowest BCUT2D eigenvalue weighted by Crippen LogP contribution is -2.03. The van der Waals surface area contributed by atoms with Crippen molar-refractivity contribution in [3.63, 3.8) is 0 Å². The van der Waals surface area contributed by atoms with E-state index in [0.29, 0.717) is 38.6 Å². The number of rotatable bonds is 6. The van der Waals surface area contributed by atoms with E-state index >= 15 is 0 Å². The first-order chi connectivity index (χ1) is 15.0. The molecule has 1 aromatic heterocycles. The summed E-state index contributed by atoms with van der Waals surface area (Å²) in [6.45, 7) is 0. The average molecular weight is 438 g/mol. The fraction of sp³-hybridized carbons (Fsp3) is 0.0435. The van der Waals surface area contributed by atoms with Crippen molar-refractivity contribution in [1.29, 1.82) is 0 Å². The molecule has 1 heterocycles. The van der Waals surface area contributed by atoms with Crippen molar-refractivity contribution in [2.24, 2.45) is 0 Å². The van der Waals surface area contributed by atoms with Gasteiger partial charge in [0.25, 0.3) is 0 Å². The maximum Gasteiger partial charge on any atom is 0.336 e. The van der Waals surface area contributed by atoms with Gasteiger partial charge in [-0.2, -0.15) is 0 Å². The van der Waals surface area contributed by atoms with Crippen molar-refractivity contribution in [1.82, 2.24) is 4.98 Å². The smallest absolute Gasteiger partial charge is 0.336 e. The van der Waals surface area contributed by atoms with Crippen LogP contribution in [0.25, 0.3) is 33.0 Å². The topological polar surface area (TPSA) is 71.5 Å². The Morgan fingerprint density at radius 2 is 1.77 bits per heavy atom. The second-order valence-electron chi connectivity index (χ2n) is 6.58. The molecule has 0 bridgehead atoms. The highest BCUT2D eigenvalue weighted by molar-refractivity contribution is 7.13. The van der Waals surface area contributed by atoms with E-state index < -0.39 is 17.6 Å². The Morgan fingerprint density at radius 1 is 1.00 bits per heavy atom. The zero-order valence-electron chi connectivity index (χ0n) is 16.2. The van der Waals surface area contributed by atoms with E-state index in [1.165, 1.54) is 24.5 Å². The molecule has 0 aliphatic rings. The van der Waals surface area contributed by atoms with Crippen LogP contribution in [0.4, 0.5) is 14.5 Å². The SMILES string of the molecule is CONc1ccccc1-c1ccc(-c2nc(-c3ccc(F)c(F)c3)cs2)cc1C(=O)O. The van der Waals surface area contributed by atoms with E-state index in [0.717, 1.165) is 12.1 Å². The Bertz CT molecular complexity index is 1270. The number of carboxylic acid groups (broad SMARTS) is 1. The highest BCUT2D eigenvalue weighted by atomic mass is 32.1. The van der Waals surface area contributed by atoms with E-state index in [2.05, 4.69) is 10.5 Å². The maximum absolute atomic E-state index is 13.6. The minimum Gasteiger partial charge on any atom is -0.478 e. The highest BCUT2D eigenvalue weighted by Gasteiger charge is 2.17. The van der Waals surface area contributed by atoms with Crippen molar-refractivity contribution >= 4 is 23.0 Å². The van der Waals surface area contributed by atoms with Gasteiger partial charge in [-0.25, -0.2) is 18.6 Å². The molecule has 0 atom stereocenters. The standard InChI is InChI=1S/C23H16F2N2O3S/c1-30-27-20-5-3-2-4-16(20)15-8-6-14(10-17(15)23(28)29)22-26-21(12-31-22)13-7-9-18(24)19(25)11-13/h2-12,27H,1H3,(H,28,29). The summed E-state index contributed by atoms with van der Waals surface area (Å²) in [5, 5.41) is 12.1. The predicted octanol–water partition coefficient (Wildman–Crippen LogP) is 6.09. The third-order valence-corrected chi connectivity index (χ3v) is 5.54. The lowest BCUT2D eigenvalue weighted by atomic mass is 9.96. The van der Waals surface area contributed by atoms with Gasteiger partial charge in [0.1, 0.15) is 5.01 Å². The summed E-state index contributed by atoms with van der Waals surface area (Å²) in [6, 6.07) is 15.8. The second kappa shape index (κ2) is 8.63. The number of hydrogen-bond donors (Lipinski definition) is 2. The molecule has 4 aromatic rings. The van der Waals surface area contributed by atoms with Gasteiger partial charge in [-0.1, -0.05) is 30.3 Å². The van der Waals surface area contributed by atoms with Crippen LogP contribution in [0.5, 0.6) is 0 Å². The number of nitrogens with one attached hydrogen (secondary N) is 1. The molecular weight excluding hydrogens is 422 g/mol. The number of carboxylic acids is 1. The van der Waals surface area contributed by atoms with Gasteiger partial charge in [-0.15, -0.1) is 11.3 Å². The maximum atomic E-state index is 13.6. The Labute approximate surface area is 180 Å². The molecule has 0 saturated heterocycles. The Kier molecular flexibility index (Phi) is 5.75. The third kappa shape index (κ3) is 4.16. The Balaban J connectivity index is 1.75. The zero-order chi connectivity index (χ0) is 22.0. The number of hydrogen-bond acceptors (Lipinski definition) is 5. The van der Waals surface area contributed by atoms with Crippen LogP contribution >= 0.6 is 11.3 Å². The number of aromatic nitrogens is 1. The average Bonchev–Trinajstić information content (AvgIpc) is 3.26. The number of nitrogens with zero attached hydrogens (tertiary/aromatic N) is 1. The summed E-state index contributed by atoms with van der Waals surface area (Å²) in [5.41, 5.74) is 6.22. The zero-order valence-corrected chi connectivity index (χ0v) is 17.0. The van der Waals surface area contributed by atoms with Gasteiger partial charge < -0.3 is 5.11 Å². The molecule has 0 aliphatic carbocycles. The largest absolute Gasteiger partial charge is 0.478 e. The molecule has 156 valence electrons. The van der Waals surface area contributed by atoms with Crippen molar-refractivity contribution in [3.05, 3.63) is 83.2 Å². The first-order valence-electron chi connectivity index (χ1n) is 9.15. The molecule has 3 aromatic carbocycles. The van der Waals surface area contributed by atoms with E-state index in [-0.39, 0.29) is 5.56 Å². The van der Waals surface area contributed by atoms with E-state index in [1.54, 1.807) is 35.7 Å². The monoisotopic (exact) mass is 438 g/mol. The molecule has 0 spiro atoms. The van der Waals surface area contributed by atoms with Gasteiger partial charge in [0, 0.05) is 22.1 Å². The number of anilines is 1.